The molecule has 1 radical (unpaired) electrons. The summed E-state index contributed by atoms with van der Waals surface area (Å²) in [6, 6.07) is 0. The fourth-order valence-corrected chi connectivity index (χ4v) is 0. The molecule has 0 aromatic rings. The second-order valence-electron chi connectivity index (χ2n) is 0. The summed E-state index contributed by atoms with van der Waals surface area (Å²) in [6.07, 6.45) is 0. The predicted octanol–water partition coefficient (Wildman–Crippen LogP) is -0.0150. The van der Waals surface area contributed by atoms with Gasteiger partial charge in [-0.25, -0.2) is 0 Å². The van der Waals surface area contributed by atoms with Crippen LogP contribution >= 0.6 is 0 Å². The van der Waals surface area contributed by atoms with Gasteiger partial charge in [-0.1, -0.05) is 0 Å². The molecule has 6 heavy (non-hydrogen) atoms. The maximum atomic E-state index is 0. The Morgan fingerprint density at radius 1 is 0.333 bits per heavy atom. The van der Waals surface area contributed by atoms with E-state index in [9.17, 15) is 0 Å². The molecule has 0 bridgehead atoms. The van der Waals surface area contributed by atoms with Crippen LogP contribution in [0.3, 0.4) is 0 Å². The first kappa shape index (κ1) is 49.1. The first-order valence-electron chi connectivity index (χ1n) is 0. The maximum Gasteiger partial charge on any atom is 0 e. The summed E-state index contributed by atoms with van der Waals surface area (Å²) in [4.78, 5) is 0. The summed E-state index contributed by atoms with van der Waals surface area (Å²) in [5.74, 6) is 0. The molecule has 0 amide bonds. The second kappa shape index (κ2) is 35.1. The van der Waals surface area contributed by atoms with Crippen LogP contribution in [0.5, 0.6) is 0 Å². The van der Waals surface area contributed by atoms with E-state index >= 15 is 0 Å². The SMILES string of the molecule is [Ta].[W].[W].[W].[W].[W]. The third-order valence-electron chi connectivity index (χ3n) is 0. The van der Waals surface area contributed by atoms with Gasteiger partial charge in [0.15, 0.2) is 0 Å². The molecule has 0 aliphatic rings. The van der Waals surface area contributed by atoms with Crippen molar-refractivity contribution in [3.8, 4) is 0 Å². The van der Waals surface area contributed by atoms with Crippen molar-refractivity contribution in [3.63, 3.8) is 0 Å². The van der Waals surface area contributed by atoms with Gasteiger partial charge in [-0.15, -0.1) is 0 Å². The molecule has 0 saturated heterocycles. The van der Waals surface area contributed by atoms with Gasteiger partial charge in [-0.2, -0.15) is 0 Å². The molecule has 0 aliphatic heterocycles. The van der Waals surface area contributed by atoms with Crippen LogP contribution in [0.1, 0.15) is 0 Å². The van der Waals surface area contributed by atoms with Gasteiger partial charge in [0, 0.05) is 128 Å². The number of hydrogen-bond donors (Lipinski definition) is 0. The smallest absolute Gasteiger partial charge is 0 e. The minimum absolute atomic E-state index is 0. The molecule has 0 spiro atoms. The van der Waals surface area contributed by atoms with Crippen molar-refractivity contribution < 1.29 is 128 Å². The Balaban J connectivity index is 0. The quantitative estimate of drug-likeness (QED) is 0.321. The van der Waals surface area contributed by atoms with Gasteiger partial charge >= 0.3 is 0 Å². The number of hydrogen-bond acceptors (Lipinski definition) is 0. The van der Waals surface area contributed by atoms with Gasteiger partial charge in [0.2, 0.25) is 0 Å². The third-order valence-corrected chi connectivity index (χ3v) is 0. The van der Waals surface area contributed by atoms with Crippen LogP contribution in [0, 0.1) is 0 Å². The molecule has 0 aliphatic carbocycles. The average molecular weight is 1100 g/mol. The molecule has 0 heterocycles. The largest absolute Gasteiger partial charge is 0 e. The molecular formula is TaW5. The van der Waals surface area contributed by atoms with Crippen molar-refractivity contribution in [3.05, 3.63) is 0 Å². The van der Waals surface area contributed by atoms with E-state index in [4.69, 9.17) is 0 Å². The van der Waals surface area contributed by atoms with Gasteiger partial charge < -0.3 is 0 Å². The van der Waals surface area contributed by atoms with Crippen molar-refractivity contribution >= 4 is 0 Å². The van der Waals surface area contributed by atoms with E-state index in [-0.39, 0.29) is 128 Å². The molecule has 0 aromatic carbocycles. The van der Waals surface area contributed by atoms with E-state index in [2.05, 4.69) is 0 Å². The van der Waals surface area contributed by atoms with E-state index in [1.807, 2.05) is 0 Å². The van der Waals surface area contributed by atoms with Crippen LogP contribution in [-0.2, 0) is 128 Å². The summed E-state index contributed by atoms with van der Waals surface area (Å²) in [5, 5.41) is 0. The molecule has 0 fully saturated rings. The summed E-state index contributed by atoms with van der Waals surface area (Å²) < 4.78 is 0. The Morgan fingerprint density at radius 3 is 0.333 bits per heavy atom. The summed E-state index contributed by atoms with van der Waals surface area (Å²) in [6.45, 7) is 0. The fourth-order valence-electron chi connectivity index (χ4n) is 0. The molecule has 0 rings (SSSR count). The van der Waals surface area contributed by atoms with E-state index < -0.39 is 0 Å². The van der Waals surface area contributed by atoms with Crippen LogP contribution in [0.2, 0.25) is 0 Å². The molecule has 0 unspecified atom stereocenters. The van der Waals surface area contributed by atoms with Crippen molar-refractivity contribution in [2.24, 2.45) is 0 Å². The van der Waals surface area contributed by atoms with Gasteiger partial charge in [0.05, 0.1) is 0 Å². The molecule has 0 N–H and O–H groups in total. The Hall–Kier alpha value is 4.18. The van der Waals surface area contributed by atoms with Crippen molar-refractivity contribution in [1.82, 2.24) is 0 Å². The first-order chi connectivity index (χ1) is 0. The topological polar surface area (TPSA) is 0 Å². The molecule has 0 aromatic heterocycles. The fraction of sp³-hybridized carbons (Fsp3) is 0. The molecule has 0 atom stereocenters. The van der Waals surface area contributed by atoms with E-state index in [0.717, 1.165) is 0 Å². The van der Waals surface area contributed by atoms with E-state index in [0.29, 0.717) is 0 Å². The zero-order valence-corrected chi connectivity index (χ0v) is 20.4. The molecule has 0 nitrogen and oxygen atoms in total. The van der Waals surface area contributed by atoms with Gasteiger partial charge in [0.1, 0.15) is 0 Å². The van der Waals surface area contributed by atoms with Crippen molar-refractivity contribution in [2.45, 2.75) is 0 Å². The first-order valence-corrected chi connectivity index (χ1v) is 0. The molecule has 0 saturated carbocycles. The van der Waals surface area contributed by atoms with Crippen molar-refractivity contribution in [2.75, 3.05) is 0 Å². The number of rotatable bonds is 0. The standard InChI is InChI=1S/Ta.5W. The Bertz CT molecular complexity index is 3.90. The van der Waals surface area contributed by atoms with Crippen LogP contribution in [0.4, 0.5) is 0 Å². The van der Waals surface area contributed by atoms with Crippen LogP contribution in [0.25, 0.3) is 0 Å². The van der Waals surface area contributed by atoms with Gasteiger partial charge in [0.25, 0.3) is 0 Å². The van der Waals surface area contributed by atoms with E-state index in [1.54, 1.807) is 0 Å². The van der Waals surface area contributed by atoms with Gasteiger partial charge in [-0.3, -0.25) is 0 Å². The van der Waals surface area contributed by atoms with Gasteiger partial charge in [-0.05, 0) is 0 Å². The minimum Gasteiger partial charge on any atom is 0 e. The summed E-state index contributed by atoms with van der Waals surface area (Å²) >= 11 is 0. The van der Waals surface area contributed by atoms with Crippen LogP contribution < -0.4 is 0 Å². The maximum absolute atomic E-state index is 0. The Morgan fingerprint density at radius 2 is 0.333 bits per heavy atom. The molecular weight excluding hydrogens is 1100 g/mol. The predicted molar refractivity (Wildman–Crippen MR) is 0 cm³/mol. The van der Waals surface area contributed by atoms with E-state index in [1.165, 1.54) is 0 Å². The Kier molecular flexibility index (Phi) is 288. The monoisotopic (exact) mass is 1100 g/mol. The molecule has 35 valence electrons. The second-order valence-corrected chi connectivity index (χ2v) is 0. The third kappa shape index (κ3) is 24.1. The minimum atomic E-state index is 0. The normalized spacial score (nSPS) is 0. The average Bonchev–Trinajstić information content (AvgIpc) is 0. The van der Waals surface area contributed by atoms with Crippen LogP contribution in [0.15, 0.2) is 0 Å². The summed E-state index contributed by atoms with van der Waals surface area (Å²) in [7, 11) is 0. The Labute approximate surface area is 125 Å². The molecule has 6 heteroatoms. The zero-order chi connectivity index (χ0) is 0. The van der Waals surface area contributed by atoms with Crippen molar-refractivity contribution in [1.29, 1.82) is 0 Å². The van der Waals surface area contributed by atoms with Crippen LogP contribution in [-0.4, -0.2) is 0 Å². The summed E-state index contributed by atoms with van der Waals surface area (Å²) in [5.41, 5.74) is 0. The zero-order valence-electron chi connectivity index (χ0n) is 2.49.